The molecule has 0 aromatic heterocycles. The number of carbonyl (C=O) groups is 3. The Hall–Kier alpha value is -1.97. The fraction of sp³-hybridized carbons (Fsp3) is 0.773. The molecule has 0 aromatic rings. The van der Waals surface area contributed by atoms with Gasteiger partial charge in [0.1, 0.15) is 36.6 Å². The molecule has 2 aliphatic carbocycles. The molecule has 0 aromatic carbocycles. The van der Waals surface area contributed by atoms with Gasteiger partial charge in [-0.1, -0.05) is 19.9 Å². The summed E-state index contributed by atoms with van der Waals surface area (Å²) in [4.78, 5) is 35.9. The summed E-state index contributed by atoms with van der Waals surface area (Å²) in [5.74, 6) is -1.36. The number of epoxide rings is 1. The maximum absolute atomic E-state index is 12.1. The first kappa shape index (κ1) is 22.2. The van der Waals surface area contributed by atoms with Crippen LogP contribution in [0.3, 0.4) is 0 Å². The lowest BCUT2D eigenvalue weighted by Gasteiger charge is -2.58. The van der Waals surface area contributed by atoms with Gasteiger partial charge in [-0.25, -0.2) is 0 Å². The zero-order valence-electron chi connectivity index (χ0n) is 18.5. The van der Waals surface area contributed by atoms with Crippen LogP contribution < -0.4 is 0 Å². The number of fused-ring (bicyclic) bond motifs is 2. The van der Waals surface area contributed by atoms with E-state index in [2.05, 4.69) is 0 Å². The van der Waals surface area contributed by atoms with Crippen molar-refractivity contribution in [2.45, 2.75) is 83.6 Å². The van der Waals surface area contributed by atoms with Gasteiger partial charge in [-0.05, 0) is 12.5 Å². The molecule has 0 radical (unpaired) electrons. The van der Waals surface area contributed by atoms with Crippen LogP contribution in [0.4, 0.5) is 0 Å². The highest BCUT2D eigenvalue weighted by Gasteiger charge is 2.86. The largest absolute Gasteiger partial charge is 0.465 e. The number of aliphatic hydroxyl groups excluding tert-OH is 1. The first-order valence-electron chi connectivity index (χ1n) is 10.7. The highest BCUT2D eigenvalue weighted by molar-refractivity contribution is 5.69. The quantitative estimate of drug-likeness (QED) is 0.291. The van der Waals surface area contributed by atoms with Crippen molar-refractivity contribution in [3.05, 3.63) is 11.6 Å². The van der Waals surface area contributed by atoms with Gasteiger partial charge in [0, 0.05) is 26.7 Å². The Morgan fingerprint density at radius 1 is 1.23 bits per heavy atom. The van der Waals surface area contributed by atoms with Gasteiger partial charge in [-0.3, -0.25) is 14.4 Å². The van der Waals surface area contributed by atoms with Crippen LogP contribution in [0, 0.1) is 10.8 Å². The third-order valence-corrected chi connectivity index (χ3v) is 7.72. The van der Waals surface area contributed by atoms with Gasteiger partial charge in [0.25, 0.3) is 0 Å². The maximum Gasteiger partial charge on any atom is 0.306 e. The summed E-state index contributed by atoms with van der Waals surface area (Å²) >= 11 is 0. The first-order valence-corrected chi connectivity index (χ1v) is 10.7. The number of rotatable bonds is 5. The SMILES string of the molecule is CCC(=O)O[C@H]1C[C@@]2(COC(C)=O)[C@@H](C=C1C)O[C@@H]1[C@H](O)[C@@H](OC(C)=O)[C@@]2(C)[C@@]12CO2. The maximum atomic E-state index is 12.1. The number of hydrogen-bond acceptors (Lipinski definition) is 9. The van der Waals surface area contributed by atoms with E-state index < -0.39 is 58.9 Å². The molecule has 9 nitrogen and oxygen atoms in total. The minimum Gasteiger partial charge on any atom is -0.465 e. The highest BCUT2D eigenvalue weighted by atomic mass is 16.7. The lowest BCUT2D eigenvalue weighted by molar-refractivity contribution is -0.241. The van der Waals surface area contributed by atoms with Gasteiger partial charge in [-0.2, -0.15) is 0 Å². The van der Waals surface area contributed by atoms with Crippen molar-refractivity contribution in [3.63, 3.8) is 0 Å². The van der Waals surface area contributed by atoms with Gasteiger partial charge in [0.2, 0.25) is 0 Å². The Balaban J connectivity index is 1.85. The van der Waals surface area contributed by atoms with Crippen LogP contribution in [0.25, 0.3) is 0 Å². The highest BCUT2D eigenvalue weighted by Crippen LogP contribution is 2.72. The van der Waals surface area contributed by atoms with Crippen LogP contribution in [0.1, 0.15) is 47.5 Å². The molecule has 4 aliphatic rings. The van der Waals surface area contributed by atoms with E-state index in [0.717, 1.165) is 5.57 Å². The smallest absolute Gasteiger partial charge is 0.306 e. The number of aliphatic hydroxyl groups is 1. The Labute approximate surface area is 181 Å². The summed E-state index contributed by atoms with van der Waals surface area (Å²) in [6, 6.07) is 0. The van der Waals surface area contributed by atoms with E-state index in [4.69, 9.17) is 23.7 Å². The molecule has 4 rings (SSSR count). The molecule has 0 amide bonds. The van der Waals surface area contributed by atoms with Crippen LogP contribution in [-0.4, -0.2) is 72.3 Å². The molecule has 3 fully saturated rings. The Morgan fingerprint density at radius 2 is 1.90 bits per heavy atom. The van der Waals surface area contributed by atoms with Crippen LogP contribution in [0.5, 0.6) is 0 Å². The third kappa shape index (κ3) is 2.97. The van der Waals surface area contributed by atoms with E-state index in [1.165, 1.54) is 13.8 Å². The molecular formula is C22H30O9. The van der Waals surface area contributed by atoms with Gasteiger partial charge in [0.05, 0.1) is 23.5 Å². The van der Waals surface area contributed by atoms with Crippen molar-refractivity contribution in [2.75, 3.05) is 13.2 Å². The minimum atomic E-state index is -1.11. The standard InChI is InChI=1S/C22H30O9/c1-6-16(25)30-14-8-21(9-27-12(3)23)15(7-11(14)2)31-19-17(26)18(29-13(4)24)20(21,5)22(19)10-28-22/h7,14-15,17-19,26H,6,8-10H2,1-5H3/t14-,15+,17+,18+,19+,20+,21+,22+/m0/s1. The molecule has 2 heterocycles. The fourth-order valence-corrected chi connectivity index (χ4v) is 5.96. The second-order valence-electron chi connectivity index (χ2n) is 9.26. The van der Waals surface area contributed by atoms with E-state index in [-0.39, 0.29) is 25.4 Å². The number of carbonyl (C=O) groups excluding carboxylic acids is 3. The molecule has 0 unspecified atom stereocenters. The van der Waals surface area contributed by atoms with E-state index in [1.54, 1.807) is 6.92 Å². The van der Waals surface area contributed by atoms with Crippen molar-refractivity contribution in [1.29, 1.82) is 0 Å². The van der Waals surface area contributed by atoms with E-state index in [9.17, 15) is 19.5 Å². The lowest BCUT2D eigenvalue weighted by Crippen LogP contribution is -2.68. The van der Waals surface area contributed by atoms with Crippen molar-refractivity contribution < 1.29 is 43.2 Å². The summed E-state index contributed by atoms with van der Waals surface area (Å²) in [6.45, 7) is 8.32. The molecular weight excluding hydrogens is 408 g/mol. The Kier molecular flexibility index (Phi) is 5.22. The van der Waals surface area contributed by atoms with E-state index in [0.29, 0.717) is 6.61 Å². The third-order valence-electron chi connectivity index (χ3n) is 7.72. The molecule has 2 saturated heterocycles. The fourth-order valence-electron chi connectivity index (χ4n) is 5.96. The average Bonchev–Trinajstić information content (AvgIpc) is 3.48. The zero-order chi connectivity index (χ0) is 22.8. The van der Waals surface area contributed by atoms with Gasteiger partial charge < -0.3 is 28.8 Å². The topological polar surface area (TPSA) is 121 Å². The molecule has 2 aliphatic heterocycles. The van der Waals surface area contributed by atoms with Crippen molar-refractivity contribution in [2.24, 2.45) is 10.8 Å². The summed E-state index contributed by atoms with van der Waals surface area (Å²) in [6.07, 6.45) is -1.50. The number of ether oxygens (including phenoxy) is 5. The lowest BCUT2D eigenvalue weighted by atomic mass is 9.51. The molecule has 1 spiro atoms. The van der Waals surface area contributed by atoms with Crippen LogP contribution in [0.15, 0.2) is 11.6 Å². The van der Waals surface area contributed by atoms with Crippen LogP contribution >= 0.6 is 0 Å². The average molecular weight is 438 g/mol. The molecule has 1 N–H and O–H groups in total. The Morgan fingerprint density at radius 3 is 2.45 bits per heavy atom. The molecule has 1 saturated carbocycles. The molecule has 9 heteroatoms. The van der Waals surface area contributed by atoms with Gasteiger partial charge in [-0.15, -0.1) is 0 Å². The number of esters is 3. The van der Waals surface area contributed by atoms with E-state index in [1.807, 2.05) is 19.9 Å². The predicted molar refractivity (Wildman–Crippen MR) is 105 cm³/mol. The van der Waals surface area contributed by atoms with Crippen molar-refractivity contribution >= 4 is 17.9 Å². The summed E-state index contributed by atoms with van der Waals surface area (Å²) in [5.41, 5.74) is -1.98. The summed E-state index contributed by atoms with van der Waals surface area (Å²) < 4.78 is 29.1. The predicted octanol–water partition coefficient (Wildman–Crippen LogP) is 1.06. The zero-order valence-corrected chi connectivity index (χ0v) is 18.5. The Bertz CT molecular complexity index is 831. The second kappa shape index (κ2) is 7.28. The van der Waals surface area contributed by atoms with E-state index >= 15 is 0 Å². The molecule has 31 heavy (non-hydrogen) atoms. The van der Waals surface area contributed by atoms with Crippen molar-refractivity contribution in [3.8, 4) is 0 Å². The molecule has 172 valence electrons. The normalized spacial score (nSPS) is 44.8. The summed E-state index contributed by atoms with van der Waals surface area (Å²) in [5, 5.41) is 11.1. The first-order chi connectivity index (χ1) is 14.5. The van der Waals surface area contributed by atoms with Gasteiger partial charge in [0.15, 0.2) is 0 Å². The van der Waals surface area contributed by atoms with Gasteiger partial charge >= 0.3 is 17.9 Å². The number of hydrogen-bond donors (Lipinski definition) is 1. The molecule has 8 atom stereocenters. The molecule has 2 bridgehead atoms. The van der Waals surface area contributed by atoms with Crippen molar-refractivity contribution in [1.82, 2.24) is 0 Å². The van der Waals surface area contributed by atoms with Crippen LogP contribution in [0.2, 0.25) is 0 Å². The minimum absolute atomic E-state index is 0.0598. The van der Waals surface area contributed by atoms with Crippen LogP contribution in [-0.2, 0) is 38.1 Å². The summed E-state index contributed by atoms with van der Waals surface area (Å²) in [7, 11) is 0. The monoisotopic (exact) mass is 438 g/mol. The second-order valence-corrected chi connectivity index (χ2v) is 9.26.